The maximum absolute atomic E-state index is 8.05. The smallest absolute Gasteiger partial charge is 0.0302 e. The van der Waals surface area contributed by atoms with E-state index in [0.717, 1.165) is 0 Å². The maximum Gasteiger partial charge on any atom is 0.0302 e. The minimum atomic E-state index is 0.0426. The van der Waals surface area contributed by atoms with E-state index in [4.69, 9.17) is 6.92 Å². The zero-order chi connectivity index (χ0) is 11.9. The van der Waals surface area contributed by atoms with Crippen LogP contribution in [0, 0.1) is 6.92 Å². The van der Waals surface area contributed by atoms with Crippen molar-refractivity contribution in [3.63, 3.8) is 0 Å². The minimum absolute atomic E-state index is 0.0426. The average molecular weight is 201 g/mol. The first kappa shape index (κ1) is 12.3. The number of hydrogen-bond donors (Lipinski definition) is 0. The summed E-state index contributed by atoms with van der Waals surface area (Å²) >= 11 is 0. The van der Waals surface area contributed by atoms with E-state index in [-0.39, 0.29) is 10.8 Å². The van der Waals surface area contributed by atoms with E-state index in [1.165, 1.54) is 11.1 Å². The molecule has 1 aromatic carbocycles. The highest BCUT2D eigenvalue weighted by Crippen LogP contribution is 2.35. The van der Waals surface area contributed by atoms with E-state index >= 15 is 0 Å². The van der Waals surface area contributed by atoms with Gasteiger partial charge in [-0.15, -0.1) is 0 Å². The van der Waals surface area contributed by atoms with Crippen LogP contribution in [0.15, 0.2) is 18.2 Å². The molecule has 0 aliphatic rings. The third-order valence-corrected chi connectivity index (χ3v) is 2.62. The van der Waals surface area contributed by atoms with E-state index < -0.39 is 0 Å². The summed E-state index contributed by atoms with van der Waals surface area (Å²) in [5.74, 6) is 0. The Kier molecular flexibility index (Phi) is 3.00. The van der Waals surface area contributed by atoms with Crippen LogP contribution in [0.3, 0.4) is 0 Å². The Hall–Kier alpha value is -0.780. The summed E-state index contributed by atoms with van der Waals surface area (Å²) in [6, 6.07) is 6.02. The molecule has 0 aliphatic carbocycles. The lowest BCUT2D eigenvalue weighted by Crippen LogP contribution is -2.23. The molecule has 1 aromatic rings. The molecule has 15 heavy (non-hydrogen) atoms. The highest BCUT2D eigenvalue weighted by atomic mass is 14.3. The molecule has 1 rings (SSSR count). The fourth-order valence-corrected chi connectivity index (χ4v) is 1.99. The lowest BCUT2D eigenvalue weighted by atomic mass is 9.73. The van der Waals surface area contributed by atoms with E-state index in [2.05, 4.69) is 47.6 Å². The summed E-state index contributed by atoms with van der Waals surface area (Å²) in [6.45, 7) is 21.2. The molecule has 0 atom stereocenters. The quantitative estimate of drug-likeness (QED) is 0.589. The lowest BCUT2D eigenvalue weighted by molar-refractivity contribution is 0.528. The summed E-state index contributed by atoms with van der Waals surface area (Å²) in [5.41, 5.74) is 3.29. The Morgan fingerprint density at radius 1 is 0.867 bits per heavy atom. The van der Waals surface area contributed by atoms with E-state index in [1.54, 1.807) is 0 Å². The van der Waals surface area contributed by atoms with Gasteiger partial charge in [0.15, 0.2) is 0 Å². The van der Waals surface area contributed by atoms with Crippen LogP contribution >= 0.6 is 0 Å². The predicted molar refractivity (Wildman–Crippen MR) is 66.2 cm³/mol. The monoisotopic (exact) mass is 201 g/mol. The van der Waals surface area contributed by atoms with Crippen molar-refractivity contribution < 1.29 is 0 Å². The second-order valence-corrected chi connectivity index (χ2v) is 6.23. The van der Waals surface area contributed by atoms with Crippen molar-refractivity contribution in [3.05, 3.63) is 41.8 Å². The maximum atomic E-state index is 8.05. The SMILES string of the molecule is [C]c1cccc(C(C)(C)C)c1C(C)(C)C. The summed E-state index contributed by atoms with van der Waals surface area (Å²) in [7, 11) is 0. The normalized spacial score (nSPS) is 13.0. The number of benzene rings is 1. The second kappa shape index (κ2) is 3.66. The van der Waals surface area contributed by atoms with Gasteiger partial charge in [0.25, 0.3) is 0 Å². The third kappa shape index (κ3) is 2.62. The molecule has 3 radical (unpaired) electrons. The third-order valence-electron chi connectivity index (χ3n) is 2.62. The molecule has 0 spiro atoms. The van der Waals surface area contributed by atoms with Gasteiger partial charge in [-0.05, 0) is 27.5 Å². The molecule has 0 unspecified atom stereocenters. The van der Waals surface area contributed by atoms with Crippen molar-refractivity contribution in [2.45, 2.75) is 52.4 Å². The van der Waals surface area contributed by atoms with E-state index in [0.29, 0.717) is 5.56 Å². The van der Waals surface area contributed by atoms with Crippen molar-refractivity contribution >= 4 is 0 Å². The number of rotatable bonds is 0. The summed E-state index contributed by atoms with van der Waals surface area (Å²) in [4.78, 5) is 0. The van der Waals surface area contributed by atoms with Crippen molar-refractivity contribution in [1.29, 1.82) is 0 Å². The molecular weight excluding hydrogens is 180 g/mol. The van der Waals surface area contributed by atoms with Crippen molar-refractivity contribution in [2.75, 3.05) is 0 Å². The zero-order valence-electron chi connectivity index (χ0n) is 10.7. The highest BCUT2D eigenvalue weighted by Gasteiger charge is 2.26. The average Bonchev–Trinajstić information content (AvgIpc) is 1.99. The molecule has 81 valence electrons. The Bertz CT molecular complexity index is 345. The van der Waals surface area contributed by atoms with Crippen LogP contribution in [0.5, 0.6) is 0 Å². The van der Waals surface area contributed by atoms with Crippen LogP contribution in [0.1, 0.15) is 58.2 Å². The Morgan fingerprint density at radius 2 is 1.40 bits per heavy atom. The van der Waals surface area contributed by atoms with Gasteiger partial charge < -0.3 is 0 Å². The van der Waals surface area contributed by atoms with Crippen LogP contribution < -0.4 is 0 Å². The first-order valence-electron chi connectivity index (χ1n) is 5.49. The van der Waals surface area contributed by atoms with Crippen molar-refractivity contribution in [3.8, 4) is 0 Å². The van der Waals surface area contributed by atoms with Crippen LogP contribution in [0.25, 0.3) is 0 Å². The molecular formula is C15H21. The Labute approximate surface area is 94.7 Å². The topological polar surface area (TPSA) is 0 Å². The Morgan fingerprint density at radius 3 is 1.73 bits per heavy atom. The van der Waals surface area contributed by atoms with Gasteiger partial charge in [-0.2, -0.15) is 0 Å². The number of hydrogen-bond acceptors (Lipinski definition) is 0. The van der Waals surface area contributed by atoms with Gasteiger partial charge in [-0.25, -0.2) is 0 Å². The van der Waals surface area contributed by atoms with Crippen LogP contribution in [0.2, 0.25) is 0 Å². The first-order valence-corrected chi connectivity index (χ1v) is 5.49. The second-order valence-electron chi connectivity index (χ2n) is 6.23. The molecule has 0 saturated heterocycles. The zero-order valence-corrected chi connectivity index (χ0v) is 10.7. The molecule has 0 aromatic heterocycles. The summed E-state index contributed by atoms with van der Waals surface area (Å²) < 4.78 is 0. The van der Waals surface area contributed by atoms with E-state index in [1.807, 2.05) is 12.1 Å². The molecule has 0 saturated carbocycles. The van der Waals surface area contributed by atoms with Crippen LogP contribution in [0.4, 0.5) is 0 Å². The summed E-state index contributed by atoms with van der Waals surface area (Å²) in [5, 5.41) is 0. The van der Waals surface area contributed by atoms with Gasteiger partial charge in [0, 0.05) is 6.92 Å². The molecule has 0 aliphatic heterocycles. The van der Waals surface area contributed by atoms with Gasteiger partial charge in [-0.1, -0.05) is 59.7 Å². The standard InChI is InChI=1S/C15H21/c1-11-9-8-10-12(14(2,3)4)13(11)15(5,6)7/h8-10H,2-7H3. The fraction of sp³-hybridized carbons (Fsp3) is 0.533. The van der Waals surface area contributed by atoms with Crippen LogP contribution in [-0.4, -0.2) is 0 Å². The van der Waals surface area contributed by atoms with Crippen molar-refractivity contribution in [2.24, 2.45) is 0 Å². The summed E-state index contributed by atoms with van der Waals surface area (Å²) in [6.07, 6.45) is 0. The molecule has 0 bridgehead atoms. The van der Waals surface area contributed by atoms with Crippen LogP contribution in [-0.2, 0) is 10.8 Å². The van der Waals surface area contributed by atoms with Gasteiger partial charge >= 0.3 is 0 Å². The molecule has 0 amide bonds. The van der Waals surface area contributed by atoms with Gasteiger partial charge in [0.2, 0.25) is 0 Å². The largest absolute Gasteiger partial charge is 0.0617 e. The highest BCUT2D eigenvalue weighted by molar-refractivity contribution is 5.44. The van der Waals surface area contributed by atoms with Gasteiger partial charge in [0.05, 0.1) is 0 Å². The Balaban J connectivity index is 3.48. The van der Waals surface area contributed by atoms with E-state index in [9.17, 15) is 0 Å². The molecule has 0 heterocycles. The molecule has 0 heteroatoms. The van der Waals surface area contributed by atoms with Crippen molar-refractivity contribution in [1.82, 2.24) is 0 Å². The van der Waals surface area contributed by atoms with Gasteiger partial charge in [-0.3, -0.25) is 0 Å². The molecule has 0 fully saturated rings. The minimum Gasteiger partial charge on any atom is -0.0617 e. The first-order chi connectivity index (χ1) is 6.64. The van der Waals surface area contributed by atoms with Gasteiger partial charge in [0.1, 0.15) is 0 Å². The predicted octanol–water partition coefficient (Wildman–Crippen LogP) is 4.22. The lowest BCUT2D eigenvalue weighted by Gasteiger charge is -2.31. The molecule has 0 nitrogen and oxygen atoms in total. The fourth-order valence-electron chi connectivity index (χ4n) is 1.99. The molecule has 0 N–H and O–H groups in total.